The lowest BCUT2D eigenvalue weighted by atomic mass is 10.3. The molecule has 0 saturated carbocycles. The zero-order valence-corrected chi connectivity index (χ0v) is 14.5. The van der Waals surface area contributed by atoms with E-state index in [4.69, 9.17) is 16.3 Å². The number of sulfonamides is 1. The minimum absolute atomic E-state index is 0.0938. The van der Waals surface area contributed by atoms with Crippen molar-refractivity contribution in [3.05, 3.63) is 23.2 Å². The SMILES string of the molecule is CCCC(=O)NCCN(c1ccc(OC)c(Cl)c1)S(C)(=O)=O. The van der Waals surface area contributed by atoms with E-state index in [9.17, 15) is 13.2 Å². The van der Waals surface area contributed by atoms with Crippen molar-refractivity contribution in [3.8, 4) is 5.75 Å². The summed E-state index contributed by atoms with van der Waals surface area (Å²) in [6.07, 6.45) is 2.28. The summed E-state index contributed by atoms with van der Waals surface area (Å²) in [5.74, 6) is 0.374. The summed E-state index contributed by atoms with van der Waals surface area (Å²) in [5.41, 5.74) is 0.429. The standard InChI is InChI=1S/C14H21ClN2O4S/c1-4-5-14(18)16-8-9-17(22(3,19)20)11-6-7-13(21-2)12(15)10-11/h6-7,10H,4-5,8-9H2,1-3H3,(H,16,18). The van der Waals surface area contributed by atoms with Gasteiger partial charge in [0.05, 0.1) is 30.6 Å². The molecule has 124 valence electrons. The van der Waals surface area contributed by atoms with E-state index in [0.717, 1.165) is 12.7 Å². The maximum atomic E-state index is 11.9. The molecule has 0 fully saturated rings. The van der Waals surface area contributed by atoms with Crippen molar-refractivity contribution in [2.24, 2.45) is 0 Å². The molecule has 0 radical (unpaired) electrons. The number of ether oxygens (including phenoxy) is 1. The highest BCUT2D eigenvalue weighted by Gasteiger charge is 2.18. The average molecular weight is 349 g/mol. The molecule has 1 aromatic rings. The Morgan fingerprint density at radius 2 is 2.09 bits per heavy atom. The number of hydrogen-bond acceptors (Lipinski definition) is 4. The van der Waals surface area contributed by atoms with Crippen LogP contribution in [0.3, 0.4) is 0 Å². The van der Waals surface area contributed by atoms with Crippen LogP contribution in [0.2, 0.25) is 5.02 Å². The number of halogens is 1. The highest BCUT2D eigenvalue weighted by atomic mass is 35.5. The third-order valence-corrected chi connectivity index (χ3v) is 4.43. The van der Waals surface area contributed by atoms with Crippen LogP contribution >= 0.6 is 11.6 Å². The summed E-state index contributed by atoms with van der Waals surface area (Å²) >= 11 is 6.03. The molecule has 22 heavy (non-hydrogen) atoms. The number of nitrogens with one attached hydrogen (secondary N) is 1. The van der Waals surface area contributed by atoms with Crippen LogP contribution < -0.4 is 14.4 Å². The largest absolute Gasteiger partial charge is 0.495 e. The first-order valence-corrected chi connectivity index (χ1v) is 9.10. The van der Waals surface area contributed by atoms with Gasteiger partial charge in [-0.05, 0) is 24.6 Å². The van der Waals surface area contributed by atoms with Gasteiger partial charge in [-0.25, -0.2) is 8.42 Å². The second-order valence-corrected chi connectivity index (χ2v) is 7.07. The van der Waals surface area contributed by atoms with E-state index in [1.165, 1.54) is 17.5 Å². The quantitative estimate of drug-likeness (QED) is 0.780. The van der Waals surface area contributed by atoms with E-state index in [1.54, 1.807) is 12.1 Å². The molecule has 0 aliphatic heterocycles. The third kappa shape index (κ3) is 5.38. The molecule has 0 atom stereocenters. The summed E-state index contributed by atoms with van der Waals surface area (Å²) in [4.78, 5) is 11.4. The van der Waals surface area contributed by atoms with Crippen LogP contribution in [0.15, 0.2) is 18.2 Å². The molecule has 1 amide bonds. The number of anilines is 1. The van der Waals surface area contributed by atoms with Gasteiger partial charge in [-0.2, -0.15) is 0 Å². The highest BCUT2D eigenvalue weighted by molar-refractivity contribution is 7.92. The molecular weight excluding hydrogens is 328 g/mol. The van der Waals surface area contributed by atoms with Crippen molar-refractivity contribution in [1.29, 1.82) is 0 Å². The zero-order chi connectivity index (χ0) is 16.8. The molecule has 1 rings (SSSR count). The van der Waals surface area contributed by atoms with Gasteiger partial charge in [-0.15, -0.1) is 0 Å². The predicted octanol–water partition coefficient (Wildman–Crippen LogP) is 2.03. The number of nitrogens with zero attached hydrogens (tertiary/aromatic N) is 1. The molecule has 8 heteroatoms. The molecular formula is C14H21ClN2O4S. The van der Waals surface area contributed by atoms with Crippen LogP contribution in [0.25, 0.3) is 0 Å². The van der Waals surface area contributed by atoms with Crippen molar-refractivity contribution < 1.29 is 17.9 Å². The molecule has 1 N–H and O–H groups in total. The summed E-state index contributed by atoms with van der Waals surface area (Å²) < 4.78 is 30.1. The van der Waals surface area contributed by atoms with Gasteiger partial charge in [-0.3, -0.25) is 9.10 Å². The third-order valence-electron chi connectivity index (χ3n) is 2.94. The molecule has 0 saturated heterocycles. The van der Waals surface area contributed by atoms with Gasteiger partial charge in [0.25, 0.3) is 0 Å². The second kappa shape index (κ2) is 8.24. The topological polar surface area (TPSA) is 75.7 Å². The number of amides is 1. The van der Waals surface area contributed by atoms with Gasteiger partial charge in [0.15, 0.2) is 0 Å². The first-order valence-electron chi connectivity index (χ1n) is 6.87. The van der Waals surface area contributed by atoms with Gasteiger partial charge >= 0.3 is 0 Å². The smallest absolute Gasteiger partial charge is 0.232 e. The number of benzene rings is 1. The molecule has 0 bridgehead atoms. The van der Waals surface area contributed by atoms with E-state index in [0.29, 0.717) is 22.9 Å². The van der Waals surface area contributed by atoms with Crippen molar-refractivity contribution in [1.82, 2.24) is 5.32 Å². The van der Waals surface area contributed by atoms with Crippen LogP contribution in [0.4, 0.5) is 5.69 Å². The van der Waals surface area contributed by atoms with E-state index in [1.807, 2.05) is 6.92 Å². The Bertz CT molecular complexity index is 619. The minimum Gasteiger partial charge on any atom is -0.495 e. The predicted molar refractivity (Wildman–Crippen MR) is 88.1 cm³/mol. The summed E-state index contributed by atoms with van der Waals surface area (Å²) in [6, 6.07) is 4.74. The summed E-state index contributed by atoms with van der Waals surface area (Å²) in [5, 5.41) is 3.01. The fourth-order valence-corrected chi connectivity index (χ4v) is 3.08. The number of methoxy groups -OCH3 is 1. The van der Waals surface area contributed by atoms with E-state index < -0.39 is 10.0 Å². The monoisotopic (exact) mass is 348 g/mol. The Labute approximate surface area is 136 Å². The number of carbonyl (C=O) groups excluding carboxylic acids is 1. The first kappa shape index (κ1) is 18.6. The molecule has 0 heterocycles. The van der Waals surface area contributed by atoms with E-state index in [-0.39, 0.29) is 19.0 Å². The van der Waals surface area contributed by atoms with Crippen LogP contribution in [0.5, 0.6) is 5.75 Å². The first-order chi connectivity index (χ1) is 10.3. The number of hydrogen-bond donors (Lipinski definition) is 1. The molecule has 6 nitrogen and oxygen atoms in total. The molecule has 1 aromatic carbocycles. The Morgan fingerprint density at radius 1 is 1.41 bits per heavy atom. The lowest BCUT2D eigenvalue weighted by Crippen LogP contribution is -2.38. The number of carbonyl (C=O) groups is 1. The highest BCUT2D eigenvalue weighted by Crippen LogP contribution is 2.29. The Hall–Kier alpha value is -1.47. The van der Waals surface area contributed by atoms with Crippen LogP contribution in [-0.4, -0.2) is 40.8 Å². The van der Waals surface area contributed by atoms with Crippen molar-refractivity contribution in [3.63, 3.8) is 0 Å². The van der Waals surface area contributed by atoms with Crippen molar-refractivity contribution in [2.75, 3.05) is 30.8 Å². The average Bonchev–Trinajstić information content (AvgIpc) is 2.42. The fourth-order valence-electron chi connectivity index (χ4n) is 1.91. The van der Waals surface area contributed by atoms with Crippen molar-refractivity contribution in [2.45, 2.75) is 19.8 Å². The van der Waals surface area contributed by atoms with Crippen LogP contribution in [-0.2, 0) is 14.8 Å². The van der Waals surface area contributed by atoms with Crippen molar-refractivity contribution >= 4 is 33.2 Å². The summed E-state index contributed by atoms with van der Waals surface area (Å²) in [6.45, 7) is 2.27. The molecule has 0 spiro atoms. The van der Waals surface area contributed by atoms with Gasteiger partial charge in [0.2, 0.25) is 15.9 Å². The summed E-state index contributed by atoms with van der Waals surface area (Å²) in [7, 11) is -2.00. The van der Waals surface area contributed by atoms with Gasteiger partial charge in [0, 0.05) is 13.0 Å². The Morgan fingerprint density at radius 3 is 2.59 bits per heavy atom. The van der Waals surface area contributed by atoms with E-state index >= 15 is 0 Å². The molecule has 0 unspecified atom stereocenters. The molecule has 0 aromatic heterocycles. The molecule has 0 aliphatic rings. The maximum absolute atomic E-state index is 11.9. The molecule has 0 aliphatic carbocycles. The lowest BCUT2D eigenvalue weighted by Gasteiger charge is -2.23. The normalized spacial score (nSPS) is 11.1. The minimum atomic E-state index is -3.48. The van der Waals surface area contributed by atoms with Gasteiger partial charge in [0.1, 0.15) is 5.75 Å². The van der Waals surface area contributed by atoms with Gasteiger partial charge < -0.3 is 10.1 Å². The second-order valence-electron chi connectivity index (χ2n) is 4.75. The van der Waals surface area contributed by atoms with E-state index in [2.05, 4.69) is 5.32 Å². The number of rotatable bonds is 8. The maximum Gasteiger partial charge on any atom is 0.232 e. The Balaban J connectivity index is 2.86. The lowest BCUT2D eigenvalue weighted by molar-refractivity contribution is -0.121. The zero-order valence-electron chi connectivity index (χ0n) is 12.9. The van der Waals surface area contributed by atoms with Crippen LogP contribution in [0, 0.1) is 0 Å². The fraction of sp³-hybridized carbons (Fsp3) is 0.500. The van der Waals surface area contributed by atoms with Gasteiger partial charge in [-0.1, -0.05) is 18.5 Å². The van der Waals surface area contributed by atoms with Crippen LogP contribution in [0.1, 0.15) is 19.8 Å². The Kier molecular flexibility index (Phi) is 6.96.